The van der Waals surface area contributed by atoms with Crippen molar-refractivity contribution >= 4 is 28.4 Å². The molecule has 100 valence electrons. The molecule has 0 bridgehead atoms. The molecular weight excluding hydrogens is 353 g/mol. The van der Waals surface area contributed by atoms with E-state index >= 15 is 0 Å². The van der Waals surface area contributed by atoms with Gasteiger partial charge in [-0.3, -0.25) is 0 Å². The van der Waals surface area contributed by atoms with Crippen molar-refractivity contribution in [2.45, 2.75) is 19.8 Å². The molecule has 2 aromatic rings. The molecule has 1 aromatic heterocycles. The fraction of sp³-hybridized carbons (Fsp3) is 0.286. The van der Waals surface area contributed by atoms with Crippen molar-refractivity contribution < 1.29 is 4.74 Å². The molecule has 0 spiro atoms. The Morgan fingerprint density at radius 3 is 2.58 bits per heavy atom. The first kappa shape index (κ1) is 14.0. The van der Waals surface area contributed by atoms with E-state index in [1.807, 2.05) is 31.3 Å². The summed E-state index contributed by atoms with van der Waals surface area (Å²) in [5, 5.41) is 3.03. The van der Waals surface area contributed by atoms with Crippen LogP contribution in [0.1, 0.15) is 19.2 Å². The van der Waals surface area contributed by atoms with Crippen LogP contribution in [0.25, 0.3) is 0 Å². The molecule has 0 saturated heterocycles. The normalized spacial score (nSPS) is 10.3. The van der Waals surface area contributed by atoms with Gasteiger partial charge in [0, 0.05) is 23.1 Å². The molecule has 19 heavy (non-hydrogen) atoms. The molecule has 0 atom stereocenters. The summed E-state index contributed by atoms with van der Waals surface area (Å²) in [6.45, 7) is 2.11. The second kappa shape index (κ2) is 6.70. The number of aromatic nitrogens is 2. The summed E-state index contributed by atoms with van der Waals surface area (Å²) < 4.78 is 6.94. The summed E-state index contributed by atoms with van der Waals surface area (Å²) in [7, 11) is 1.84. The first-order valence-corrected chi connectivity index (χ1v) is 7.28. The number of anilines is 1. The van der Waals surface area contributed by atoms with Crippen molar-refractivity contribution in [3.8, 4) is 11.6 Å². The number of nitrogens with one attached hydrogen (secondary N) is 1. The van der Waals surface area contributed by atoms with E-state index in [2.05, 4.69) is 44.8 Å². The molecule has 0 radical (unpaired) electrons. The van der Waals surface area contributed by atoms with Crippen LogP contribution in [0.4, 0.5) is 5.82 Å². The number of hydrogen-bond acceptors (Lipinski definition) is 4. The standard InChI is InChI=1S/C14H16IN3O/c1-3-4-12-17-13(16-2)9-14(18-12)19-11-7-5-10(15)6-8-11/h5-9H,3-4H2,1-2H3,(H,16,17,18). The van der Waals surface area contributed by atoms with E-state index in [-0.39, 0.29) is 0 Å². The highest BCUT2D eigenvalue weighted by molar-refractivity contribution is 14.1. The molecule has 1 aromatic carbocycles. The van der Waals surface area contributed by atoms with Crippen molar-refractivity contribution in [1.29, 1.82) is 0 Å². The van der Waals surface area contributed by atoms with Gasteiger partial charge in [0.15, 0.2) is 0 Å². The van der Waals surface area contributed by atoms with Crippen LogP contribution >= 0.6 is 22.6 Å². The van der Waals surface area contributed by atoms with Crippen molar-refractivity contribution in [3.05, 3.63) is 39.7 Å². The third-order valence-electron chi connectivity index (χ3n) is 2.51. The third-order valence-corrected chi connectivity index (χ3v) is 3.23. The highest BCUT2D eigenvalue weighted by Crippen LogP contribution is 2.22. The summed E-state index contributed by atoms with van der Waals surface area (Å²) >= 11 is 2.26. The van der Waals surface area contributed by atoms with Crippen molar-refractivity contribution in [2.24, 2.45) is 0 Å². The molecule has 1 N–H and O–H groups in total. The van der Waals surface area contributed by atoms with Gasteiger partial charge >= 0.3 is 0 Å². The summed E-state index contributed by atoms with van der Waals surface area (Å²) in [6.07, 6.45) is 1.86. The van der Waals surface area contributed by atoms with Crippen LogP contribution < -0.4 is 10.1 Å². The molecule has 0 unspecified atom stereocenters. The van der Waals surface area contributed by atoms with Crippen molar-refractivity contribution in [3.63, 3.8) is 0 Å². The van der Waals surface area contributed by atoms with Crippen LogP contribution in [0.15, 0.2) is 30.3 Å². The Bertz CT molecular complexity index is 543. The van der Waals surface area contributed by atoms with E-state index in [9.17, 15) is 0 Å². The lowest BCUT2D eigenvalue weighted by Gasteiger charge is -2.08. The van der Waals surface area contributed by atoms with Crippen LogP contribution in [-0.4, -0.2) is 17.0 Å². The smallest absolute Gasteiger partial charge is 0.224 e. The van der Waals surface area contributed by atoms with Crippen LogP contribution in [0.5, 0.6) is 11.6 Å². The Morgan fingerprint density at radius 2 is 1.95 bits per heavy atom. The van der Waals surface area contributed by atoms with Gasteiger partial charge in [0.05, 0.1) is 0 Å². The van der Waals surface area contributed by atoms with Crippen LogP contribution in [-0.2, 0) is 6.42 Å². The molecule has 0 aliphatic heterocycles. The lowest BCUT2D eigenvalue weighted by molar-refractivity contribution is 0.458. The zero-order valence-electron chi connectivity index (χ0n) is 11.0. The van der Waals surface area contributed by atoms with E-state index in [0.29, 0.717) is 5.88 Å². The molecule has 2 rings (SSSR count). The predicted molar refractivity (Wildman–Crippen MR) is 84.8 cm³/mol. The Balaban J connectivity index is 2.23. The van der Waals surface area contributed by atoms with Gasteiger partial charge in [-0.25, -0.2) is 4.98 Å². The molecule has 0 fully saturated rings. The maximum absolute atomic E-state index is 5.77. The Hall–Kier alpha value is -1.37. The SMILES string of the molecule is CCCc1nc(NC)cc(Oc2ccc(I)cc2)n1. The summed E-state index contributed by atoms with van der Waals surface area (Å²) in [4.78, 5) is 8.81. The molecule has 5 heteroatoms. The summed E-state index contributed by atoms with van der Waals surface area (Å²) in [5.74, 6) is 2.93. The fourth-order valence-electron chi connectivity index (χ4n) is 1.61. The van der Waals surface area contributed by atoms with E-state index in [1.54, 1.807) is 6.07 Å². The van der Waals surface area contributed by atoms with Gasteiger partial charge in [-0.1, -0.05) is 6.92 Å². The van der Waals surface area contributed by atoms with Gasteiger partial charge in [-0.05, 0) is 53.3 Å². The quantitative estimate of drug-likeness (QED) is 0.813. The monoisotopic (exact) mass is 369 g/mol. The zero-order chi connectivity index (χ0) is 13.7. The maximum Gasteiger partial charge on any atom is 0.224 e. The van der Waals surface area contributed by atoms with Gasteiger partial charge in [-0.2, -0.15) is 4.98 Å². The number of nitrogens with zero attached hydrogens (tertiary/aromatic N) is 2. The van der Waals surface area contributed by atoms with Crippen molar-refractivity contribution in [1.82, 2.24) is 9.97 Å². The lowest BCUT2D eigenvalue weighted by Crippen LogP contribution is -2.01. The second-order valence-electron chi connectivity index (χ2n) is 4.06. The third kappa shape index (κ3) is 4.05. The molecule has 4 nitrogen and oxygen atoms in total. The Kier molecular flexibility index (Phi) is 4.95. The molecule has 1 heterocycles. The minimum Gasteiger partial charge on any atom is -0.439 e. The molecule has 0 aliphatic carbocycles. The highest BCUT2D eigenvalue weighted by atomic mass is 127. The second-order valence-corrected chi connectivity index (χ2v) is 5.31. The minimum absolute atomic E-state index is 0.573. The maximum atomic E-state index is 5.77. The summed E-state index contributed by atoms with van der Waals surface area (Å²) in [5.41, 5.74) is 0. The molecule has 0 amide bonds. The fourth-order valence-corrected chi connectivity index (χ4v) is 1.97. The summed E-state index contributed by atoms with van der Waals surface area (Å²) in [6, 6.07) is 9.67. The van der Waals surface area contributed by atoms with Crippen molar-refractivity contribution in [2.75, 3.05) is 12.4 Å². The first-order chi connectivity index (χ1) is 9.21. The number of benzene rings is 1. The number of rotatable bonds is 5. The average molecular weight is 369 g/mol. The Morgan fingerprint density at radius 1 is 1.21 bits per heavy atom. The van der Waals surface area contributed by atoms with Gasteiger partial charge in [0.25, 0.3) is 0 Å². The predicted octanol–water partition coefficient (Wildman–Crippen LogP) is 3.87. The van der Waals surface area contributed by atoms with Gasteiger partial charge < -0.3 is 10.1 Å². The highest BCUT2D eigenvalue weighted by Gasteiger charge is 2.05. The lowest BCUT2D eigenvalue weighted by atomic mass is 10.3. The van der Waals surface area contributed by atoms with Gasteiger partial charge in [0.2, 0.25) is 5.88 Å². The minimum atomic E-state index is 0.573. The average Bonchev–Trinajstić information content (AvgIpc) is 2.41. The Labute approximate surface area is 126 Å². The van der Waals surface area contributed by atoms with E-state index in [0.717, 1.165) is 30.2 Å². The molecule has 0 saturated carbocycles. The van der Waals surface area contributed by atoms with E-state index in [1.165, 1.54) is 3.57 Å². The number of halogens is 1. The zero-order valence-corrected chi connectivity index (χ0v) is 13.1. The van der Waals surface area contributed by atoms with Crippen LogP contribution in [0.2, 0.25) is 0 Å². The largest absolute Gasteiger partial charge is 0.439 e. The first-order valence-electron chi connectivity index (χ1n) is 6.20. The number of ether oxygens (including phenoxy) is 1. The van der Waals surface area contributed by atoms with E-state index in [4.69, 9.17) is 4.74 Å². The van der Waals surface area contributed by atoms with E-state index < -0.39 is 0 Å². The van der Waals surface area contributed by atoms with Gasteiger partial charge in [0.1, 0.15) is 17.4 Å². The number of aryl methyl sites for hydroxylation is 1. The molecule has 0 aliphatic rings. The van der Waals surface area contributed by atoms with Crippen LogP contribution in [0.3, 0.4) is 0 Å². The number of hydrogen-bond donors (Lipinski definition) is 1. The molecular formula is C14H16IN3O. The van der Waals surface area contributed by atoms with Gasteiger partial charge in [-0.15, -0.1) is 0 Å². The topological polar surface area (TPSA) is 47.0 Å². The van der Waals surface area contributed by atoms with Crippen LogP contribution in [0, 0.1) is 3.57 Å².